The lowest BCUT2D eigenvalue weighted by molar-refractivity contribution is -0.153. The first-order valence-electron chi connectivity index (χ1n) is 4.56. The molecule has 0 amide bonds. The van der Waals surface area contributed by atoms with E-state index >= 15 is 0 Å². The van der Waals surface area contributed by atoms with E-state index in [2.05, 4.69) is 0 Å². The van der Waals surface area contributed by atoms with Crippen molar-refractivity contribution in [3.63, 3.8) is 0 Å². The summed E-state index contributed by atoms with van der Waals surface area (Å²) in [5, 5.41) is 9.44. The van der Waals surface area contributed by atoms with Gasteiger partial charge in [-0.05, 0) is 17.7 Å². The predicted octanol–water partition coefficient (Wildman–Crippen LogP) is 2.56. The van der Waals surface area contributed by atoms with Crippen LogP contribution in [0.15, 0.2) is 24.3 Å². The Balaban J connectivity index is 0.00000256. The van der Waals surface area contributed by atoms with E-state index < -0.39 is 30.6 Å². The van der Waals surface area contributed by atoms with Crippen LogP contribution < -0.4 is 5.73 Å². The van der Waals surface area contributed by atoms with Crippen LogP contribution in [0.2, 0.25) is 0 Å². The zero-order valence-corrected chi connectivity index (χ0v) is 9.43. The largest absolute Gasteiger partial charge is 0.403 e. The number of halogens is 5. The molecular weight excluding hydrogens is 262 g/mol. The second kappa shape index (κ2) is 6.18. The molecule has 0 aliphatic heterocycles. The molecule has 2 atom stereocenters. The Hall–Kier alpha value is -0.850. The number of alkyl halides is 3. The molecule has 0 fully saturated rings. The third-order valence-electron chi connectivity index (χ3n) is 2.15. The molecule has 0 unspecified atom stereocenters. The Bertz CT molecular complexity index is 341. The van der Waals surface area contributed by atoms with Gasteiger partial charge in [0.2, 0.25) is 0 Å². The van der Waals surface area contributed by atoms with Crippen molar-refractivity contribution in [3.05, 3.63) is 35.6 Å². The molecule has 0 radical (unpaired) electrons. The molecule has 1 aromatic rings. The van der Waals surface area contributed by atoms with Gasteiger partial charge in [0, 0.05) is 6.42 Å². The fraction of sp³-hybridized carbons (Fsp3) is 0.400. The van der Waals surface area contributed by atoms with Gasteiger partial charge in [0.1, 0.15) is 11.9 Å². The summed E-state index contributed by atoms with van der Waals surface area (Å²) in [5.41, 5.74) is 5.07. The van der Waals surface area contributed by atoms with Gasteiger partial charge < -0.3 is 10.8 Å². The van der Waals surface area contributed by atoms with Gasteiger partial charge in [0.05, 0.1) is 6.10 Å². The molecule has 0 spiro atoms. The quantitative estimate of drug-likeness (QED) is 0.832. The second-order valence-electron chi connectivity index (χ2n) is 3.45. The predicted molar refractivity (Wildman–Crippen MR) is 57.3 cm³/mol. The Morgan fingerprint density at radius 3 is 2.06 bits per heavy atom. The summed E-state index contributed by atoms with van der Waals surface area (Å²) in [6, 6.07) is 2.49. The Morgan fingerprint density at radius 1 is 1.18 bits per heavy atom. The van der Waals surface area contributed by atoms with Gasteiger partial charge in [-0.2, -0.15) is 13.2 Å². The highest BCUT2D eigenvalue weighted by Gasteiger charge is 2.37. The summed E-state index contributed by atoms with van der Waals surface area (Å²) in [7, 11) is 0. The van der Waals surface area contributed by atoms with Crippen LogP contribution in [-0.2, 0) is 0 Å². The topological polar surface area (TPSA) is 46.2 Å². The van der Waals surface area contributed by atoms with Crippen molar-refractivity contribution in [2.24, 2.45) is 5.73 Å². The number of aliphatic hydroxyl groups excluding tert-OH is 1. The summed E-state index contributed by atoms with van der Waals surface area (Å²) in [6.07, 6.45) is -6.53. The van der Waals surface area contributed by atoms with Crippen LogP contribution in [0.1, 0.15) is 18.1 Å². The van der Waals surface area contributed by atoms with Crippen molar-refractivity contribution in [2.45, 2.75) is 24.7 Å². The summed E-state index contributed by atoms with van der Waals surface area (Å²) in [4.78, 5) is 0. The van der Waals surface area contributed by atoms with E-state index in [1.54, 1.807) is 0 Å². The zero-order chi connectivity index (χ0) is 12.3. The molecule has 0 aliphatic carbocycles. The molecule has 7 heteroatoms. The fourth-order valence-corrected chi connectivity index (χ4v) is 1.20. The molecule has 0 aromatic heterocycles. The van der Waals surface area contributed by atoms with Gasteiger partial charge in [-0.1, -0.05) is 12.1 Å². The Kier molecular flexibility index (Phi) is 5.87. The van der Waals surface area contributed by atoms with Gasteiger partial charge in [-0.25, -0.2) is 4.39 Å². The molecule has 2 nitrogen and oxygen atoms in total. The van der Waals surface area contributed by atoms with Gasteiger partial charge in [-0.15, -0.1) is 12.4 Å². The normalized spacial score (nSPS) is 14.9. The minimum Gasteiger partial charge on any atom is -0.388 e. The number of aliphatic hydroxyl groups is 1. The molecule has 17 heavy (non-hydrogen) atoms. The number of benzene rings is 1. The molecule has 1 rings (SSSR count). The minimum atomic E-state index is -4.54. The van der Waals surface area contributed by atoms with Crippen molar-refractivity contribution in [1.29, 1.82) is 0 Å². The number of rotatable bonds is 3. The summed E-state index contributed by atoms with van der Waals surface area (Å²) in [6.45, 7) is 0. The number of nitrogens with two attached hydrogens (primary N) is 1. The number of hydrogen-bond donors (Lipinski definition) is 2. The lowest BCUT2D eigenvalue weighted by atomic mass is 10.0. The third-order valence-corrected chi connectivity index (χ3v) is 2.15. The lowest BCUT2D eigenvalue weighted by Crippen LogP contribution is -2.38. The maximum Gasteiger partial charge on any atom is 0.403 e. The lowest BCUT2D eigenvalue weighted by Gasteiger charge is -2.19. The van der Waals surface area contributed by atoms with Crippen molar-refractivity contribution in [3.8, 4) is 0 Å². The minimum absolute atomic E-state index is 0. The van der Waals surface area contributed by atoms with E-state index in [0.29, 0.717) is 0 Å². The van der Waals surface area contributed by atoms with Crippen LogP contribution in [-0.4, -0.2) is 17.3 Å². The van der Waals surface area contributed by atoms with E-state index in [4.69, 9.17) is 5.73 Å². The van der Waals surface area contributed by atoms with Crippen LogP contribution in [0.5, 0.6) is 0 Å². The van der Waals surface area contributed by atoms with Crippen molar-refractivity contribution >= 4 is 12.4 Å². The molecule has 0 bridgehead atoms. The van der Waals surface area contributed by atoms with Crippen LogP contribution in [0.3, 0.4) is 0 Å². The maximum atomic E-state index is 12.5. The molecular formula is C10H12ClF4NO. The molecule has 0 aliphatic rings. The van der Waals surface area contributed by atoms with E-state index in [0.717, 1.165) is 12.1 Å². The van der Waals surface area contributed by atoms with E-state index in [-0.39, 0.29) is 18.0 Å². The van der Waals surface area contributed by atoms with Crippen LogP contribution in [0, 0.1) is 5.82 Å². The van der Waals surface area contributed by atoms with Crippen molar-refractivity contribution in [2.75, 3.05) is 0 Å². The smallest absolute Gasteiger partial charge is 0.388 e. The first-order chi connectivity index (χ1) is 7.30. The van der Waals surface area contributed by atoms with Crippen LogP contribution >= 0.6 is 12.4 Å². The van der Waals surface area contributed by atoms with E-state index in [9.17, 15) is 22.7 Å². The van der Waals surface area contributed by atoms with Gasteiger partial charge in [0.25, 0.3) is 0 Å². The molecule has 3 N–H and O–H groups in total. The average Bonchev–Trinajstić information content (AvgIpc) is 2.17. The highest BCUT2D eigenvalue weighted by atomic mass is 35.5. The molecule has 1 aromatic carbocycles. The first-order valence-corrected chi connectivity index (χ1v) is 4.56. The van der Waals surface area contributed by atoms with Gasteiger partial charge in [0.15, 0.2) is 0 Å². The SMILES string of the molecule is Cl.N[C@@H](C[C@H](O)c1ccc(F)cc1)C(F)(F)F. The average molecular weight is 274 g/mol. The standard InChI is InChI=1S/C10H11F4NO.ClH/c11-7-3-1-6(2-4-7)8(16)5-9(15)10(12,13)14;/h1-4,8-9,16H,5,15H2;1H/t8-,9-;/m0./s1. The van der Waals surface area contributed by atoms with Gasteiger partial charge in [-0.3, -0.25) is 0 Å². The third kappa shape index (κ3) is 4.89. The van der Waals surface area contributed by atoms with E-state index in [1.807, 2.05) is 0 Å². The van der Waals surface area contributed by atoms with Crippen LogP contribution in [0.25, 0.3) is 0 Å². The summed E-state index contributed by atoms with van der Waals surface area (Å²) < 4.78 is 48.8. The Morgan fingerprint density at radius 2 is 1.65 bits per heavy atom. The van der Waals surface area contributed by atoms with Gasteiger partial charge >= 0.3 is 6.18 Å². The highest BCUT2D eigenvalue weighted by Crippen LogP contribution is 2.26. The molecule has 0 heterocycles. The first kappa shape index (κ1) is 16.1. The number of hydrogen-bond acceptors (Lipinski definition) is 2. The van der Waals surface area contributed by atoms with E-state index in [1.165, 1.54) is 12.1 Å². The Labute approximate surface area is 102 Å². The second-order valence-corrected chi connectivity index (χ2v) is 3.45. The summed E-state index contributed by atoms with van der Waals surface area (Å²) >= 11 is 0. The van der Waals surface area contributed by atoms with Crippen molar-refractivity contribution in [1.82, 2.24) is 0 Å². The fourth-order valence-electron chi connectivity index (χ4n) is 1.20. The molecule has 0 saturated carbocycles. The zero-order valence-electron chi connectivity index (χ0n) is 8.62. The molecule has 98 valence electrons. The van der Waals surface area contributed by atoms with Crippen molar-refractivity contribution < 1.29 is 22.7 Å². The molecule has 0 saturated heterocycles. The maximum absolute atomic E-state index is 12.5. The highest BCUT2D eigenvalue weighted by molar-refractivity contribution is 5.85. The summed E-state index contributed by atoms with van der Waals surface area (Å²) in [5.74, 6) is -0.518. The van der Waals surface area contributed by atoms with Crippen LogP contribution in [0.4, 0.5) is 17.6 Å². The monoisotopic (exact) mass is 273 g/mol.